The number of nitriles is 1. The maximum Gasteiger partial charge on any atom is 0.0710 e. The second-order valence-electron chi connectivity index (χ2n) is 10.5. The van der Waals surface area contributed by atoms with Crippen molar-refractivity contribution in [3.63, 3.8) is 0 Å². The number of halogens is 2. The van der Waals surface area contributed by atoms with Gasteiger partial charge < -0.3 is 9.64 Å². The van der Waals surface area contributed by atoms with E-state index < -0.39 is 0 Å². The molecule has 3 saturated heterocycles. The van der Waals surface area contributed by atoms with E-state index in [1.807, 2.05) is 12.1 Å². The smallest absolute Gasteiger partial charge is 0.0710 e. The van der Waals surface area contributed by atoms with E-state index in [1.165, 1.54) is 12.0 Å². The lowest BCUT2D eigenvalue weighted by molar-refractivity contribution is -0.0459. The van der Waals surface area contributed by atoms with Crippen molar-refractivity contribution in [2.24, 2.45) is 17.8 Å². The summed E-state index contributed by atoms with van der Waals surface area (Å²) in [6, 6.07) is 19.0. The van der Waals surface area contributed by atoms with Gasteiger partial charge in [0.2, 0.25) is 0 Å². The minimum atomic E-state index is 0.0671. The number of benzene rings is 2. The zero-order valence-corrected chi connectivity index (χ0v) is 21.1. The Bertz CT molecular complexity index is 1020. The summed E-state index contributed by atoms with van der Waals surface area (Å²) in [5.74, 6) is 1.07. The highest BCUT2D eigenvalue weighted by Gasteiger charge is 2.43. The van der Waals surface area contributed by atoms with Crippen LogP contribution in [0.1, 0.15) is 30.4 Å². The molecule has 0 N–H and O–H groups in total. The first-order valence-corrected chi connectivity index (χ1v) is 13.2. The topological polar surface area (TPSA) is 39.5 Å². The summed E-state index contributed by atoms with van der Waals surface area (Å²) in [6.07, 6.45) is 4.50. The maximum absolute atomic E-state index is 9.80. The van der Waals surface area contributed by atoms with Gasteiger partial charge in [-0.3, -0.25) is 4.90 Å². The molecule has 3 atom stereocenters. The van der Waals surface area contributed by atoms with Gasteiger partial charge in [-0.1, -0.05) is 59.6 Å². The van der Waals surface area contributed by atoms with Gasteiger partial charge in [0.1, 0.15) is 0 Å². The minimum Gasteiger partial charge on any atom is -0.375 e. The lowest BCUT2D eigenvalue weighted by atomic mass is 9.83. The first kappa shape index (κ1) is 24.1. The van der Waals surface area contributed by atoms with Crippen molar-refractivity contribution in [2.75, 3.05) is 39.3 Å². The van der Waals surface area contributed by atoms with Crippen LogP contribution in [0.25, 0.3) is 0 Å². The summed E-state index contributed by atoms with van der Waals surface area (Å²) in [6.45, 7) is 6.52. The van der Waals surface area contributed by atoms with E-state index in [2.05, 4.69) is 46.2 Å². The molecular formula is C28H33Cl2N3O. The van der Waals surface area contributed by atoms with E-state index in [0.717, 1.165) is 70.7 Å². The van der Waals surface area contributed by atoms with Gasteiger partial charge in [0.25, 0.3) is 0 Å². The third-order valence-corrected chi connectivity index (χ3v) is 8.59. The molecule has 0 saturated carbocycles. The van der Waals surface area contributed by atoms with Gasteiger partial charge >= 0.3 is 0 Å². The molecule has 0 aromatic heterocycles. The Morgan fingerprint density at radius 1 is 1.03 bits per heavy atom. The Hall–Kier alpha value is -1.61. The lowest BCUT2D eigenvalue weighted by Crippen LogP contribution is -2.46. The fourth-order valence-corrected chi connectivity index (χ4v) is 6.62. The third-order valence-electron chi connectivity index (χ3n) is 8.00. The zero-order valence-electron chi connectivity index (χ0n) is 19.6. The normalized spacial score (nSPS) is 27.3. The number of piperidine rings is 1. The number of hydrogen-bond donors (Lipinski definition) is 0. The molecule has 180 valence electrons. The van der Waals surface area contributed by atoms with Gasteiger partial charge in [-0.25, -0.2) is 0 Å². The highest BCUT2D eigenvalue weighted by Crippen LogP contribution is 2.40. The van der Waals surface area contributed by atoms with Crippen molar-refractivity contribution in [2.45, 2.75) is 37.8 Å². The highest BCUT2D eigenvalue weighted by molar-refractivity contribution is 6.35. The van der Waals surface area contributed by atoms with Gasteiger partial charge in [-0.05, 0) is 54.9 Å². The van der Waals surface area contributed by atoms with Crippen LogP contribution in [0.15, 0.2) is 48.5 Å². The van der Waals surface area contributed by atoms with Crippen LogP contribution in [0, 0.1) is 29.1 Å². The SMILES string of the molecule is N#C[C@H]1CN(Cc2ccc(Cl)cc2Cl)C[C@@H]1CN1CCC2(CC1)CC(Cc1ccccc1)CO2. The molecule has 5 rings (SSSR count). The van der Waals surface area contributed by atoms with Crippen LogP contribution in [-0.2, 0) is 17.7 Å². The summed E-state index contributed by atoms with van der Waals surface area (Å²) in [5.41, 5.74) is 2.56. The molecule has 0 bridgehead atoms. The number of likely N-dealkylation sites (tertiary alicyclic amines) is 2. The molecule has 0 amide bonds. The van der Waals surface area contributed by atoms with Gasteiger partial charge in [0, 0.05) is 55.2 Å². The standard InChI is InChI=1S/C28H33Cl2N3O/c29-26-7-6-23(27(30)13-26)16-33-17-24(15-31)25(19-33)18-32-10-8-28(9-11-32)14-22(20-34-28)12-21-4-2-1-3-5-21/h1-7,13,22,24-25H,8-12,14,16-20H2/t22?,24-,25-/m0/s1. The molecule has 3 aliphatic rings. The van der Waals surface area contributed by atoms with E-state index in [4.69, 9.17) is 27.9 Å². The van der Waals surface area contributed by atoms with Crippen LogP contribution in [-0.4, -0.2) is 54.7 Å². The largest absolute Gasteiger partial charge is 0.375 e. The molecule has 34 heavy (non-hydrogen) atoms. The Morgan fingerprint density at radius 2 is 1.82 bits per heavy atom. The zero-order chi connectivity index (χ0) is 23.5. The molecule has 1 spiro atoms. The van der Waals surface area contributed by atoms with Crippen molar-refractivity contribution in [3.05, 3.63) is 69.7 Å². The van der Waals surface area contributed by atoms with Crippen molar-refractivity contribution in [1.29, 1.82) is 5.26 Å². The molecule has 3 heterocycles. The van der Waals surface area contributed by atoms with Crippen LogP contribution in [0.4, 0.5) is 0 Å². The number of rotatable bonds is 6. The number of ether oxygens (including phenoxy) is 1. The number of nitrogens with zero attached hydrogens (tertiary/aromatic N) is 3. The predicted octanol–water partition coefficient (Wildman–Crippen LogP) is 5.68. The summed E-state index contributed by atoms with van der Waals surface area (Å²) in [5, 5.41) is 11.2. The lowest BCUT2D eigenvalue weighted by Gasteiger charge is -2.40. The van der Waals surface area contributed by atoms with Crippen molar-refractivity contribution in [1.82, 2.24) is 9.80 Å². The van der Waals surface area contributed by atoms with Crippen LogP contribution in [0.2, 0.25) is 10.0 Å². The van der Waals surface area contributed by atoms with Gasteiger partial charge in [-0.15, -0.1) is 0 Å². The van der Waals surface area contributed by atoms with Crippen LogP contribution >= 0.6 is 23.2 Å². The van der Waals surface area contributed by atoms with Crippen LogP contribution < -0.4 is 0 Å². The Balaban J connectivity index is 1.11. The quantitative estimate of drug-likeness (QED) is 0.514. The molecule has 2 aromatic carbocycles. The molecule has 6 heteroatoms. The summed E-state index contributed by atoms with van der Waals surface area (Å²) in [7, 11) is 0. The van der Waals surface area contributed by atoms with E-state index in [-0.39, 0.29) is 11.5 Å². The second kappa shape index (κ2) is 10.6. The predicted molar refractivity (Wildman–Crippen MR) is 137 cm³/mol. The van der Waals surface area contributed by atoms with E-state index in [1.54, 1.807) is 6.07 Å². The Morgan fingerprint density at radius 3 is 2.56 bits per heavy atom. The van der Waals surface area contributed by atoms with Gasteiger partial charge in [0.15, 0.2) is 0 Å². The molecule has 4 nitrogen and oxygen atoms in total. The molecule has 3 fully saturated rings. The minimum absolute atomic E-state index is 0.0671. The first-order valence-electron chi connectivity index (χ1n) is 12.5. The van der Waals surface area contributed by atoms with E-state index in [0.29, 0.717) is 21.9 Å². The first-order chi connectivity index (χ1) is 16.5. The molecule has 3 aliphatic heterocycles. The monoisotopic (exact) mass is 497 g/mol. The van der Waals surface area contributed by atoms with Crippen molar-refractivity contribution in [3.8, 4) is 6.07 Å². The summed E-state index contributed by atoms with van der Waals surface area (Å²) in [4.78, 5) is 4.93. The maximum atomic E-state index is 9.80. The summed E-state index contributed by atoms with van der Waals surface area (Å²) >= 11 is 12.4. The summed E-state index contributed by atoms with van der Waals surface area (Å²) < 4.78 is 6.42. The molecule has 1 unspecified atom stereocenters. The average Bonchev–Trinajstić information content (AvgIpc) is 3.41. The molecule has 0 aliphatic carbocycles. The molecule has 0 radical (unpaired) electrons. The van der Waals surface area contributed by atoms with Crippen LogP contribution in [0.5, 0.6) is 0 Å². The Labute approximate surface area is 213 Å². The molecule has 2 aromatic rings. The third kappa shape index (κ3) is 5.61. The van der Waals surface area contributed by atoms with Crippen molar-refractivity contribution < 1.29 is 4.74 Å². The van der Waals surface area contributed by atoms with E-state index in [9.17, 15) is 5.26 Å². The Kier molecular flexibility index (Phi) is 7.49. The van der Waals surface area contributed by atoms with Crippen molar-refractivity contribution >= 4 is 23.2 Å². The second-order valence-corrected chi connectivity index (χ2v) is 11.3. The molecular weight excluding hydrogens is 465 g/mol. The van der Waals surface area contributed by atoms with Gasteiger partial charge in [0.05, 0.1) is 24.2 Å². The van der Waals surface area contributed by atoms with Crippen LogP contribution in [0.3, 0.4) is 0 Å². The number of hydrogen-bond acceptors (Lipinski definition) is 4. The van der Waals surface area contributed by atoms with E-state index >= 15 is 0 Å². The fourth-order valence-electron chi connectivity index (χ4n) is 6.15. The fraction of sp³-hybridized carbons (Fsp3) is 0.536. The average molecular weight is 498 g/mol. The highest BCUT2D eigenvalue weighted by atomic mass is 35.5. The van der Waals surface area contributed by atoms with Gasteiger partial charge in [-0.2, -0.15) is 5.26 Å².